The first kappa shape index (κ1) is 32.9. The fraction of sp³-hybridized carbons (Fsp3) is 0.933. The van der Waals surface area contributed by atoms with E-state index in [1.165, 1.54) is 64.2 Å². The average molecular weight is 483 g/mol. The van der Waals surface area contributed by atoms with Gasteiger partial charge in [-0.1, -0.05) is 118 Å². The number of carbonyl (C=O) groups excluding carboxylic acids is 2. The maximum atomic E-state index is 12.2. The number of esters is 2. The summed E-state index contributed by atoms with van der Waals surface area (Å²) < 4.78 is 11.1. The van der Waals surface area contributed by atoms with Gasteiger partial charge in [0.2, 0.25) is 0 Å². The van der Waals surface area contributed by atoms with Crippen LogP contribution >= 0.6 is 0 Å². The molecule has 3 atom stereocenters. The van der Waals surface area contributed by atoms with Gasteiger partial charge in [0.15, 0.2) is 0 Å². The molecule has 0 rings (SSSR count). The summed E-state index contributed by atoms with van der Waals surface area (Å²) in [5, 5.41) is 0. The third-order valence-corrected chi connectivity index (χ3v) is 7.20. The lowest BCUT2D eigenvalue weighted by Crippen LogP contribution is -2.19. The molecule has 0 saturated heterocycles. The molecule has 0 heterocycles. The molecule has 0 aliphatic rings. The summed E-state index contributed by atoms with van der Waals surface area (Å²) in [5.41, 5.74) is 0. The van der Waals surface area contributed by atoms with Crippen LogP contribution in [0, 0.1) is 17.8 Å². The van der Waals surface area contributed by atoms with E-state index in [1.807, 2.05) is 6.92 Å². The quantitative estimate of drug-likeness (QED) is 0.102. The lowest BCUT2D eigenvalue weighted by molar-refractivity contribution is -0.149. The molecular formula is C30H58O4. The van der Waals surface area contributed by atoms with E-state index >= 15 is 0 Å². The van der Waals surface area contributed by atoms with E-state index < -0.39 is 0 Å². The Hall–Kier alpha value is -1.06. The molecule has 4 heteroatoms. The summed E-state index contributed by atoms with van der Waals surface area (Å²) in [6.45, 7) is 12.0. The van der Waals surface area contributed by atoms with Crippen LogP contribution in [0.4, 0.5) is 0 Å². The van der Waals surface area contributed by atoms with Crippen molar-refractivity contribution in [2.24, 2.45) is 17.8 Å². The van der Waals surface area contributed by atoms with Gasteiger partial charge in [-0.2, -0.15) is 0 Å². The van der Waals surface area contributed by atoms with Crippen LogP contribution in [0.1, 0.15) is 150 Å². The summed E-state index contributed by atoms with van der Waals surface area (Å²) in [4.78, 5) is 24.2. The summed E-state index contributed by atoms with van der Waals surface area (Å²) in [6, 6.07) is 0. The van der Waals surface area contributed by atoms with Gasteiger partial charge in [-0.25, -0.2) is 0 Å². The van der Waals surface area contributed by atoms with Crippen LogP contribution in [0.3, 0.4) is 0 Å². The highest BCUT2D eigenvalue weighted by Gasteiger charge is 2.16. The van der Waals surface area contributed by atoms with Crippen molar-refractivity contribution in [1.29, 1.82) is 0 Å². The van der Waals surface area contributed by atoms with Gasteiger partial charge in [0, 0.05) is 6.42 Å². The van der Waals surface area contributed by atoms with Crippen LogP contribution in [0.25, 0.3) is 0 Å². The smallest absolute Gasteiger partial charge is 0.308 e. The summed E-state index contributed by atoms with van der Waals surface area (Å²) in [5.74, 6) is 1.03. The van der Waals surface area contributed by atoms with Crippen LogP contribution < -0.4 is 0 Å². The highest BCUT2D eigenvalue weighted by atomic mass is 16.5. The fourth-order valence-electron chi connectivity index (χ4n) is 4.32. The number of carbonyl (C=O) groups is 2. The minimum Gasteiger partial charge on any atom is -0.465 e. The molecule has 3 unspecified atom stereocenters. The number of hydrogen-bond donors (Lipinski definition) is 0. The van der Waals surface area contributed by atoms with E-state index in [4.69, 9.17) is 9.47 Å². The minimum absolute atomic E-state index is 0.0142. The molecule has 0 aromatic carbocycles. The molecule has 34 heavy (non-hydrogen) atoms. The van der Waals surface area contributed by atoms with E-state index in [1.54, 1.807) is 0 Å². The lowest BCUT2D eigenvalue weighted by Gasteiger charge is -2.17. The Kier molecular flexibility index (Phi) is 22.9. The van der Waals surface area contributed by atoms with Gasteiger partial charge in [0.25, 0.3) is 0 Å². The number of unbranched alkanes of at least 4 members (excludes halogenated alkanes) is 9. The molecule has 0 aliphatic carbocycles. The SMILES string of the molecule is CCCCC(CC)COC(=O)CCCCCCCCCCC(C)C(=O)OCC(CC)CCCC. The van der Waals surface area contributed by atoms with Gasteiger partial charge in [-0.3, -0.25) is 9.59 Å². The second-order valence-electron chi connectivity index (χ2n) is 10.4. The second kappa shape index (κ2) is 23.7. The Labute approximate surface area is 212 Å². The first-order chi connectivity index (χ1) is 16.5. The van der Waals surface area contributed by atoms with Crippen LogP contribution in [0.15, 0.2) is 0 Å². The van der Waals surface area contributed by atoms with Crippen molar-refractivity contribution in [2.45, 2.75) is 150 Å². The zero-order valence-corrected chi connectivity index (χ0v) is 23.5. The highest BCUT2D eigenvalue weighted by Crippen LogP contribution is 2.18. The minimum atomic E-state index is -0.0197. The largest absolute Gasteiger partial charge is 0.465 e. The van der Waals surface area contributed by atoms with Crippen molar-refractivity contribution >= 4 is 11.9 Å². The molecule has 4 nitrogen and oxygen atoms in total. The molecule has 0 N–H and O–H groups in total. The predicted molar refractivity (Wildman–Crippen MR) is 144 cm³/mol. The summed E-state index contributed by atoms with van der Waals surface area (Å²) in [6.07, 6.45) is 20.1. The maximum Gasteiger partial charge on any atom is 0.308 e. The van der Waals surface area contributed by atoms with Gasteiger partial charge in [0.1, 0.15) is 0 Å². The van der Waals surface area contributed by atoms with Gasteiger partial charge < -0.3 is 9.47 Å². The molecule has 0 fully saturated rings. The zero-order valence-electron chi connectivity index (χ0n) is 23.5. The Morgan fingerprint density at radius 1 is 0.588 bits per heavy atom. The van der Waals surface area contributed by atoms with E-state index in [-0.39, 0.29) is 17.9 Å². The summed E-state index contributed by atoms with van der Waals surface area (Å²) in [7, 11) is 0. The van der Waals surface area contributed by atoms with Crippen LogP contribution in [-0.4, -0.2) is 25.2 Å². The van der Waals surface area contributed by atoms with Crippen molar-refractivity contribution in [3.63, 3.8) is 0 Å². The molecule has 0 amide bonds. The second-order valence-corrected chi connectivity index (χ2v) is 10.4. The molecule has 0 aliphatic heterocycles. The lowest BCUT2D eigenvalue weighted by atomic mass is 10.00. The normalized spacial score (nSPS) is 13.9. The van der Waals surface area contributed by atoms with Gasteiger partial charge in [0.05, 0.1) is 19.1 Å². The Bertz CT molecular complexity index is 476. The Morgan fingerprint density at radius 2 is 1.06 bits per heavy atom. The van der Waals surface area contributed by atoms with Crippen molar-refractivity contribution < 1.29 is 19.1 Å². The zero-order chi connectivity index (χ0) is 25.4. The monoisotopic (exact) mass is 482 g/mol. The fourth-order valence-corrected chi connectivity index (χ4v) is 4.32. The predicted octanol–water partition coefficient (Wildman–Crippen LogP) is 9.04. The van der Waals surface area contributed by atoms with Crippen molar-refractivity contribution in [3.8, 4) is 0 Å². The number of ether oxygens (including phenoxy) is 2. The molecular weight excluding hydrogens is 424 g/mol. The van der Waals surface area contributed by atoms with Crippen molar-refractivity contribution in [1.82, 2.24) is 0 Å². The van der Waals surface area contributed by atoms with E-state index in [0.717, 1.165) is 44.9 Å². The topological polar surface area (TPSA) is 52.6 Å². The van der Waals surface area contributed by atoms with Gasteiger partial charge in [-0.05, 0) is 37.5 Å². The molecule has 0 aromatic rings. The molecule has 0 radical (unpaired) electrons. The standard InChI is InChI=1S/C30H58O4/c1-6-10-21-27(8-3)24-33-29(31)23-19-17-15-13-12-14-16-18-20-26(5)30(32)34-25-28(9-4)22-11-7-2/h26-28H,6-25H2,1-5H3. The van der Waals surface area contributed by atoms with E-state index in [0.29, 0.717) is 31.5 Å². The van der Waals surface area contributed by atoms with Crippen molar-refractivity contribution in [3.05, 3.63) is 0 Å². The molecule has 0 bridgehead atoms. The molecule has 202 valence electrons. The first-order valence-corrected chi connectivity index (χ1v) is 14.8. The van der Waals surface area contributed by atoms with Gasteiger partial charge in [-0.15, -0.1) is 0 Å². The number of rotatable bonds is 24. The van der Waals surface area contributed by atoms with Crippen LogP contribution in [0.2, 0.25) is 0 Å². The molecule has 0 aromatic heterocycles. The Morgan fingerprint density at radius 3 is 1.56 bits per heavy atom. The highest BCUT2D eigenvalue weighted by molar-refractivity contribution is 5.71. The maximum absolute atomic E-state index is 12.2. The van der Waals surface area contributed by atoms with Crippen molar-refractivity contribution in [2.75, 3.05) is 13.2 Å². The Balaban J connectivity index is 3.60. The first-order valence-electron chi connectivity index (χ1n) is 14.8. The number of hydrogen-bond acceptors (Lipinski definition) is 4. The molecule has 0 saturated carbocycles. The van der Waals surface area contributed by atoms with Crippen LogP contribution in [-0.2, 0) is 19.1 Å². The summed E-state index contributed by atoms with van der Waals surface area (Å²) >= 11 is 0. The van der Waals surface area contributed by atoms with E-state index in [2.05, 4.69) is 27.7 Å². The third-order valence-electron chi connectivity index (χ3n) is 7.20. The molecule has 0 spiro atoms. The third kappa shape index (κ3) is 19.3. The average Bonchev–Trinajstić information content (AvgIpc) is 2.84. The van der Waals surface area contributed by atoms with Crippen LogP contribution in [0.5, 0.6) is 0 Å². The van der Waals surface area contributed by atoms with E-state index in [9.17, 15) is 9.59 Å². The van der Waals surface area contributed by atoms with Gasteiger partial charge >= 0.3 is 11.9 Å².